The molecule has 5 nitrogen and oxygen atoms in total. The number of pyridine rings is 2. The van der Waals surface area contributed by atoms with Gasteiger partial charge in [-0.3, -0.25) is 14.8 Å². The number of aliphatic hydroxyl groups is 1. The first-order valence-electron chi connectivity index (χ1n) is 6.01. The van der Waals surface area contributed by atoms with Gasteiger partial charge < -0.3 is 10.4 Å². The van der Waals surface area contributed by atoms with Gasteiger partial charge in [-0.05, 0) is 23.8 Å². The number of aromatic nitrogens is 2. The van der Waals surface area contributed by atoms with Crippen LogP contribution in [0.15, 0.2) is 43.0 Å². The van der Waals surface area contributed by atoms with Gasteiger partial charge in [0.05, 0.1) is 5.56 Å². The molecule has 2 heterocycles. The van der Waals surface area contributed by atoms with E-state index >= 15 is 0 Å². The molecule has 0 bridgehead atoms. The van der Waals surface area contributed by atoms with Crippen LogP contribution in [0, 0.1) is 11.8 Å². The van der Waals surface area contributed by atoms with Crippen molar-refractivity contribution in [2.45, 2.75) is 6.54 Å². The van der Waals surface area contributed by atoms with Gasteiger partial charge in [0, 0.05) is 36.9 Å². The highest BCUT2D eigenvalue weighted by atomic mass is 16.2. The molecular formula is C15H13N3O2. The van der Waals surface area contributed by atoms with Crippen molar-refractivity contribution >= 4 is 5.91 Å². The highest BCUT2D eigenvalue weighted by molar-refractivity contribution is 5.94. The molecule has 2 aromatic heterocycles. The van der Waals surface area contributed by atoms with E-state index in [1.54, 1.807) is 24.7 Å². The monoisotopic (exact) mass is 267 g/mol. The lowest BCUT2D eigenvalue weighted by molar-refractivity contribution is 0.0950. The van der Waals surface area contributed by atoms with E-state index in [4.69, 9.17) is 5.11 Å². The lowest BCUT2D eigenvalue weighted by atomic mass is 10.2. The first-order chi connectivity index (χ1) is 9.79. The van der Waals surface area contributed by atoms with Gasteiger partial charge in [0.2, 0.25) is 0 Å². The van der Waals surface area contributed by atoms with Crippen molar-refractivity contribution in [3.63, 3.8) is 0 Å². The van der Waals surface area contributed by atoms with Crippen molar-refractivity contribution < 1.29 is 9.90 Å². The molecule has 2 aromatic rings. The van der Waals surface area contributed by atoms with E-state index in [1.165, 1.54) is 6.20 Å². The number of nitrogens with one attached hydrogen (secondary N) is 1. The number of aliphatic hydroxyl groups excluding tert-OH is 1. The minimum atomic E-state index is -0.224. The third-order valence-electron chi connectivity index (χ3n) is 2.51. The molecule has 0 aliphatic carbocycles. The average Bonchev–Trinajstić information content (AvgIpc) is 2.52. The molecule has 0 aliphatic rings. The Labute approximate surface area is 116 Å². The van der Waals surface area contributed by atoms with Gasteiger partial charge in [-0.25, -0.2) is 0 Å². The molecule has 0 saturated heterocycles. The molecule has 0 unspecified atom stereocenters. The van der Waals surface area contributed by atoms with Crippen LogP contribution in [0.5, 0.6) is 0 Å². The Balaban J connectivity index is 2.02. The number of hydrogen-bond donors (Lipinski definition) is 2. The van der Waals surface area contributed by atoms with Crippen LogP contribution in [0.1, 0.15) is 21.5 Å². The summed E-state index contributed by atoms with van der Waals surface area (Å²) in [7, 11) is 0. The number of rotatable bonds is 3. The van der Waals surface area contributed by atoms with Gasteiger partial charge >= 0.3 is 0 Å². The van der Waals surface area contributed by atoms with Crippen molar-refractivity contribution in [1.82, 2.24) is 15.3 Å². The van der Waals surface area contributed by atoms with E-state index in [2.05, 4.69) is 27.1 Å². The lowest BCUT2D eigenvalue weighted by Gasteiger charge is -2.05. The van der Waals surface area contributed by atoms with Gasteiger partial charge in [0.15, 0.2) is 0 Å². The van der Waals surface area contributed by atoms with E-state index in [0.29, 0.717) is 17.7 Å². The van der Waals surface area contributed by atoms with Crippen molar-refractivity contribution in [2.24, 2.45) is 0 Å². The topological polar surface area (TPSA) is 75.1 Å². The largest absolute Gasteiger partial charge is 0.384 e. The Bertz CT molecular complexity index is 645. The van der Waals surface area contributed by atoms with Crippen LogP contribution >= 0.6 is 0 Å². The fraction of sp³-hybridized carbons (Fsp3) is 0.133. The fourth-order valence-electron chi connectivity index (χ4n) is 1.56. The second kappa shape index (κ2) is 7.02. The summed E-state index contributed by atoms with van der Waals surface area (Å²) in [6.45, 7) is 0.201. The standard InChI is InChI=1S/C15H13N3O2/c19-7-1-2-13-8-14(11-17-9-13)15(20)18-10-12-3-5-16-6-4-12/h3-6,8-9,11,19H,7,10H2,(H,18,20). The molecular weight excluding hydrogens is 254 g/mol. The highest BCUT2D eigenvalue weighted by Crippen LogP contribution is 2.02. The van der Waals surface area contributed by atoms with Crippen LogP contribution in [0.4, 0.5) is 0 Å². The lowest BCUT2D eigenvalue weighted by Crippen LogP contribution is -2.23. The number of carbonyl (C=O) groups is 1. The summed E-state index contributed by atoms with van der Waals surface area (Å²) in [6, 6.07) is 5.31. The molecule has 0 spiro atoms. The molecule has 2 rings (SSSR count). The molecule has 0 fully saturated rings. The minimum absolute atomic E-state index is 0.220. The highest BCUT2D eigenvalue weighted by Gasteiger charge is 2.06. The van der Waals surface area contributed by atoms with Crippen molar-refractivity contribution in [3.05, 3.63) is 59.7 Å². The molecule has 20 heavy (non-hydrogen) atoms. The summed E-state index contributed by atoms with van der Waals surface area (Å²) < 4.78 is 0. The van der Waals surface area contributed by atoms with E-state index in [1.807, 2.05) is 12.1 Å². The third-order valence-corrected chi connectivity index (χ3v) is 2.51. The van der Waals surface area contributed by atoms with E-state index in [-0.39, 0.29) is 12.5 Å². The van der Waals surface area contributed by atoms with Crippen molar-refractivity contribution in [1.29, 1.82) is 0 Å². The maximum absolute atomic E-state index is 12.0. The molecule has 0 aromatic carbocycles. The summed E-state index contributed by atoms with van der Waals surface area (Å²) in [6.07, 6.45) is 6.37. The first-order valence-corrected chi connectivity index (χ1v) is 6.01. The van der Waals surface area contributed by atoms with Crippen LogP contribution in [-0.4, -0.2) is 27.6 Å². The molecule has 0 atom stereocenters. The summed E-state index contributed by atoms with van der Waals surface area (Å²) >= 11 is 0. The normalized spacial score (nSPS) is 9.45. The van der Waals surface area contributed by atoms with Gasteiger partial charge in [0.1, 0.15) is 6.61 Å². The summed E-state index contributed by atoms with van der Waals surface area (Å²) in [5, 5.41) is 11.4. The number of hydrogen-bond acceptors (Lipinski definition) is 4. The second-order valence-corrected chi connectivity index (χ2v) is 3.96. The van der Waals surface area contributed by atoms with Crippen LogP contribution in [0.2, 0.25) is 0 Å². The molecule has 5 heteroatoms. The van der Waals surface area contributed by atoms with Crippen LogP contribution in [0.3, 0.4) is 0 Å². The molecule has 100 valence electrons. The van der Waals surface area contributed by atoms with Gasteiger partial charge in [0.25, 0.3) is 5.91 Å². The molecule has 2 N–H and O–H groups in total. The molecule has 1 amide bonds. The molecule has 0 aliphatic heterocycles. The predicted molar refractivity (Wildman–Crippen MR) is 73.6 cm³/mol. The number of nitrogens with zero attached hydrogens (tertiary/aromatic N) is 2. The summed E-state index contributed by atoms with van der Waals surface area (Å²) in [5.41, 5.74) is 2.00. The second-order valence-electron chi connectivity index (χ2n) is 3.96. The van der Waals surface area contributed by atoms with E-state index < -0.39 is 0 Å². The van der Waals surface area contributed by atoms with Gasteiger partial charge in [-0.15, -0.1) is 0 Å². The Morgan fingerprint density at radius 2 is 2.05 bits per heavy atom. The van der Waals surface area contributed by atoms with Gasteiger partial charge in [-0.2, -0.15) is 0 Å². The van der Waals surface area contributed by atoms with E-state index in [0.717, 1.165) is 5.56 Å². The Kier molecular flexibility index (Phi) is 4.81. The van der Waals surface area contributed by atoms with Crippen LogP contribution in [0.25, 0.3) is 0 Å². The van der Waals surface area contributed by atoms with Crippen LogP contribution < -0.4 is 5.32 Å². The number of carbonyl (C=O) groups excluding carboxylic acids is 1. The Hall–Kier alpha value is -2.71. The third kappa shape index (κ3) is 3.90. The smallest absolute Gasteiger partial charge is 0.253 e. The quantitative estimate of drug-likeness (QED) is 0.805. The van der Waals surface area contributed by atoms with Crippen LogP contribution in [-0.2, 0) is 6.54 Å². The number of amides is 1. The first kappa shape index (κ1) is 13.7. The maximum atomic E-state index is 12.0. The fourth-order valence-corrected chi connectivity index (χ4v) is 1.56. The Morgan fingerprint density at radius 1 is 1.25 bits per heavy atom. The minimum Gasteiger partial charge on any atom is -0.384 e. The predicted octanol–water partition coefficient (Wildman–Crippen LogP) is 0.750. The zero-order valence-corrected chi connectivity index (χ0v) is 10.7. The average molecular weight is 267 g/mol. The SMILES string of the molecule is O=C(NCc1ccncc1)c1cncc(C#CCO)c1. The zero-order chi connectivity index (χ0) is 14.2. The van der Waals surface area contributed by atoms with E-state index in [9.17, 15) is 4.79 Å². The summed E-state index contributed by atoms with van der Waals surface area (Å²) in [5.74, 6) is 5.01. The van der Waals surface area contributed by atoms with Crippen molar-refractivity contribution in [3.8, 4) is 11.8 Å². The molecule has 0 radical (unpaired) electrons. The summed E-state index contributed by atoms with van der Waals surface area (Å²) in [4.78, 5) is 19.9. The van der Waals surface area contributed by atoms with Gasteiger partial charge in [-0.1, -0.05) is 11.8 Å². The molecule has 0 saturated carbocycles. The maximum Gasteiger partial charge on any atom is 0.253 e. The zero-order valence-electron chi connectivity index (χ0n) is 10.7. The Morgan fingerprint density at radius 3 is 2.80 bits per heavy atom. The van der Waals surface area contributed by atoms with Crippen molar-refractivity contribution in [2.75, 3.05) is 6.61 Å².